The molecule has 2 atom stereocenters. The number of hydrogen-bond donors (Lipinski definition) is 2. The van der Waals surface area contributed by atoms with E-state index in [-0.39, 0.29) is 30.3 Å². The SMILES string of the molecule is C=CC(=O)N1CCN(c2cc(C(=O)NC(C)CN(C)C)nc3c2CCN(c2c(Cl)c(C)cc4[nH]ncc24)C3)C[C@@H]1CC#N. The number of carbonyl (C=O) groups is 2. The molecule has 2 aliphatic rings. The van der Waals surface area contributed by atoms with Crippen LogP contribution in [0.5, 0.6) is 0 Å². The average Bonchev–Trinajstić information content (AvgIpc) is 3.43. The number of rotatable bonds is 8. The average molecular weight is 604 g/mol. The number of carbonyl (C=O) groups excluding carboxylic acids is 2. The highest BCUT2D eigenvalue weighted by Crippen LogP contribution is 2.40. The quantitative estimate of drug-likeness (QED) is 0.376. The summed E-state index contributed by atoms with van der Waals surface area (Å²) in [4.78, 5) is 39.1. The zero-order valence-electron chi connectivity index (χ0n) is 25.2. The molecule has 1 aromatic carbocycles. The highest BCUT2D eigenvalue weighted by molar-refractivity contribution is 6.35. The number of nitrogens with zero attached hydrogens (tertiary/aromatic N) is 7. The first kappa shape index (κ1) is 30.3. The Morgan fingerprint density at radius 3 is 2.81 bits per heavy atom. The minimum absolute atomic E-state index is 0.0748. The van der Waals surface area contributed by atoms with Crippen LogP contribution in [0.25, 0.3) is 10.9 Å². The number of benzene rings is 1. The Morgan fingerprint density at radius 2 is 2.09 bits per heavy atom. The van der Waals surface area contributed by atoms with Gasteiger partial charge in [0, 0.05) is 55.4 Å². The Hall–Kier alpha value is -4.14. The molecule has 1 saturated heterocycles. The third-order valence-corrected chi connectivity index (χ3v) is 8.65. The minimum atomic E-state index is -0.286. The summed E-state index contributed by atoms with van der Waals surface area (Å²) in [6, 6.07) is 5.73. The fraction of sp³-hybridized carbons (Fsp3) is 0.452. The van der Waals surface area contributed by atoms with Crippen LogP contribution >= 0.6 is 11.6 Å². The van der Waals surface area contributed by atoms with Gasteiger partial charge in [0.05, 0.1) is 53.2 Å². The molecule has 2 aliphatic heterocycles. The van der Waals surface area contributed by atoms with E-state index in [1.165, 1.54) is 6.08 Å². The second kappa shape index (κ2) is 12.6. The lowest BCUT2D eigenvalue weighted by atomic mass is 9.98. The van der Waals surface area contributed by atoms with Crippen molar-refractivity contribution in [1.29, 1.82) is 5.26 Å². The molecule has 226 valence electrons. The maximum atomic E-state index is 13.5. The van der Waals surface area contributed by atoms with Crippen LogP contribution in [0, 0.1) is 18.3 Å². The van der Waals surface area contributed by atoms with Crippen molar-refractivity contribution in [2.45, 2.75) is 45.3 Å². The molecule has 0 saturated carbocycles. The molecule has 0 radical (unpaired) electrons. The molecule has 1 unspecified atom stereocenters. The predicted molar refractivity (Wildman–Crippen MR) is 168 cm³/mol. The third-order valence-electron chi connectivity index (χ3n) is 8.17. The van der Waals surface area contributed by atoms with E-state index < -0.39 is 0 Å². The van der Waals surface area contributed by atoms with E-state index in [2.05, 4.69) is 38.0 Å². The van der Waals surface area contributed by atoms with Gasteiger partial charge in [-0.2, -0.15) is 10.4 Å². The van der Waals surface area contributed by atoms with Gasteiger partial charge in [0.2, 0.25) is 5.91 Å². The highest BCUT2D eigenvalue weighted by atomic mass is 35.5. The van der Waals surface area contributed by atoms with E-state index in [0.29, 0.717) is 56.4 Å². The Bertz CT molecular complexity index is 1590. The molecular formula is C31H38ClN9O2. The third kappa shape index (κ3) is 6.17. The lowest BCUT2D eigenvalue weighted by Gasteiger charge is -2.43. The molecule has 5 rings (SSSR count). The van der Waals surface area contributed by atoms with Gasteiger partial charge in [-0.15, -0.1) is 0 Å². The molecule has 2 amide bonds. The summed E-state index contributed by atoms with van der Waals surface area (Å²) in [6.07, 6.45) is 3.99. The zero-order valence-corrected chi connectivity index (χ0v) is 25.9. The summed E-state index contributed by atoms with van der Waals surface area (Å²) in [7, 11) is 3.93. The summed E-state index contributed by atoms with van der Waals surface area (Å²) in [5, 5.41) is 21.5. The predicted octanol–water partition coefficient (Wildman–Crippen LogP) is 3.28. The number of likely N-dealkylation sites (N-methyl/N-ethyl adjacent to an activating group) is 1. The standard InChI is InChI=1S/C31H38ClN9O2/c1-6-28(42)41-12-11-39(17-21(41)7-9-33)27-14-25(31(43)35-20(3)16-38(4)5)36-26-18-40(10-8-22(26)27)30-23-15-34-37-24(23)13-19(2)29(30)32/h6,13-15,20-21H,1,7-8,10-12,16-18H2,2-5H3,(H,34,37)(H,35,43)/t20?,21-/m0/s1. The number of aromatic amines is 1. The van der Waals surface area contributed by atoms with Gasteiger partial charge < -0.3 is 24.9 Å². The maximum Gasteiger partial charge on any atom is 0.270 e. The number of anilines is 2. The van der Waals surface area contributed by atoms with Crippen molar-refractivity contribution in [2.75, 3.05) is 56.6 Å². The zero-order chi connectivity index (χ0) is 30.8. The number of nitrogens with one attached hydrogen (secondary N) is 2. The summed E-state index contributed by atoms with van der Waals surface area (Å²) >= 11 is 6.87. The van der Waals surface area contributed by atoms with E-state index in [4.69, 9.17) is 16.6 Å². The minimum Gasteiger partial charge on any atom is -0.367 e. The van der Waals surface area contributed by atoms with E-state index in [1.54, 1.807) is 11.1 Å². The van der Waals surface area contributed by atoms with Crippen molar-refractivity contribution in [2.24, 2.45) is 0 Å². The van der Waals surface area contributed by atoms with Crippen LogP contribution in [0.2, 0.25) is 5.02 Å². The second-order valence-corrected chi connectivity index (χ2v) is 12.0. The van der Waals surface area contributed by atoms with Crippen molar-refractivity contribution >= 4 is 45.7 Å². The van der Waals surface area contributed by atoms with Crippen molar-refractivity contribution in [3.63, 3.8) is 0 Å². The van der Waals surface area contributed by atoms with Crippen LogP contribution in [0.3, 0.4) is 0 Å². The molecule has 11 nitrogen and oxygen atoms in total. The fourth-order valence-electron chi connectivity index (χ4n) is 6.25. The smallest absolute Gasteiger partial charge is 0.270 e. The Balaban J connectivity index is 1.54. The number of aryl methyl sites for hydroxylation is 1. The molecule has 43 heavy (non-hydrogen) atoms. The lowest BCUT2D eigenvalue weighted by Crippen LogP contribution is -2.55. The van der Waals surface area contributed by atoms with E-state index in [0.717, 1.165) is 39.1 Å². The Morgan fingerprint density at radius 1 is 1.30 bits per heavy atom. The molecule has 0 spiro atoms. The van der Waals surface area contributed by atoms with Gasteiger partial charge in [0.25, 0.3) is 5.91 Å². The van der Waals surface area contributed by atoms with Crippen LogP contribution in [-0.4, -0.2) is 95.7 Å². The van der Waals surface area contributed by atoms with E-state index >= 15 is 0 Å². The number of amides is 2. The van der Waals surface area contributed by atoms with Crippen LogP contribution in [-0.2, 0) is 17.8 Å². The summed E-state index contributed by atoms with van der Waals surface area (Å²) in [6.45, 7) is 10.9. The van der Waals surface area contributed by atoms with Crippen molar-refractivity contribution < 1.29 is 9.59 Å². The van der Waals surface area contributed by atoms with E-state index in [1.807, 2.05) is 45.0 Å². The number of fused-ring (bicyclic) bond motifs is 2. The molecule has 0 aliphatic carbocycles. The second-order valence-electron chi connectivity index (χ2n) is 11.6. The molecular weight excluding hydrogens is 566 g/mol. The number of H-pyrrole nitrogens is 1. The molecule has 0 bridgehead atoms. The molecule has 12 heteroatoms. The van der Waals surface area contributed by atoms with Gasteiger partial charge in [-0.05, 0) is 58.1 Å². The van der Waals surface area contributed by atoms with Gasteiger partial charge >= 0.3 is 0 Å². The topological polar surface area (TPSA) is 124 Å². The molecule has 2 N–H and O–H groups in total. The van der Waals surface area contributed by atoms with Gasteiger partial charge in [-0.3, -0.25) is 14.7 Å². The number of nitriles is 1. The summed E-state index contributed by atoms with van der Waals surface area (Å²) < 4.78 is 0. The Kier molecular flexibility index (Phi) is 8.89. The van der Waals surface area contributed by atoms with Crippen molar-refractivity contribution in [1.82, 2.24) is 30.3 Å². The number of pyridine rings is 1. The molecule has 4 heterocycles. The summed E-state index contributed by atoms with van der Waals surface area (Å²) in [5.41, 5.74) is 5.91. The van der Waals surface area contributed by atoms with Gasteiger partial charge in [-0.25, -0.2) is 4.98 Å². The number of aromatic nitrogens is 3. The van der Waals surface area contributed by atoms with Crippen LogP contribution < -0.4 is 15.1 Å². The van der Waals surface area contributed by atoms with Crippen molar-refractivity contribution in [3.05, 3.63) is 58.5 Å². The van der Waals surface area contributed by atoms with Crippen LogP contribution in [0.4, 0.5) is 11.4 Å². The normalized spacial score (nSPS) is 17.5. The first-order valence-electron chi connectivity index (χ1n) is 14.5. The Labute approximate surface area is 257 Å². The molecule has 1 fully saturated rings. The molecule has 2 aromatic heterocycles. The van der Waals surface area contributed by atoms with Gasteiger partial charge in [-0.1, -0.05) is 18.2 Å². The number of halogens is 1. The number of piperazine rings is 1. The summed E-state index contributed by atoms with van der Waals surface area (Å²) in [5.74, 6) is -0.418. The van der Waals surface area contributed by atoms with Crippen LogP contribution in [0.15, 0.2) is 31.0 Å². The first-order chi connectivity index (χ1) is 20.6. The van der Waals surface area contributed by atoms with E-state index in [9.17, 15) is 14.9 Å². The van der Waals surface area contributed by atoms with Crippen LogP contribution in [0.1, 0.15) is 40.7 Å². The molecule has 3 aromatic rings. The largest absolute Gasteiger partial charge is 0.367 e. The maximum absolute atomic E-state index is 13.5. The monoisotopic (exact) mass is 603 g/mol. The highest BCUT2D eigenvalue weighted by Gasteiger charge is 2.33. The lowest BCUT2D eigenvalue weighted by molar-refractivity contribution is -0.128. The first-order valence-corrected chi connectivity index (χ1v) is 14.9. The number of hydrogen-bond acceptors (Lipinski definition) is 8. The van der Waals surface area contributed by atoms with Crippen molar-refractivity contribution in [3.8, 4) is 6.07 Å². The fourth-order valence-corrected chi connectivity index (χ4v) is 6.53. The van der Waals surface area contributed by atoms with Gasteiger partial charge in [0.1, 0.15) is 5.69 Å². The van der Waals surface area contributed by atoms with Gasteiger partial charge in [0.15, 0.2) is 0 Å².